The summed E-state index contributed by atoms with van der Waals surface area (Å²) in [4.78, 5) is 27.8. The number of hydrogen-bond donors (Lipinski definition) is 1. The Bertz CT molecular complexity index is 1470. The van der Waals surface area contributed by atoms with E-state index < -0.39 is 9.84 Å². The molecule has 3 heterocycles. The SMILES string of the molecule is C/C=C(\C)S(C)(=O)=O.C=CS/C(=C\C)C(=O)c1nc(NCc2cccnc2)nc2c1c(C/C=C\C)cn2C. The molecule has 3 aromatic heterocycles. The molecule has 0 bridgehead atoms. The van der Waals surface area contributed by atoms with Gasteiger partial charge in [0.2, 0.25) is 11.7 Å². The summed E-state index contributed by atoms with van der Waals surface area (Å²) in [6.07, 6.45) is 14.9. The number of sulfone groups is 1. The summed E-state index contributed by atoms with van der Waals surface area (Å²) in [7, 11) is -0.959. The molecule has 8 nitrogen and oxygen atoms in total. The molecule has 3 aromatic rings. The highest BCUT2D eigenvalue weighted by Gasteiger charge is 2.22. The van der Waals surface area contributed by atoms with Crippen LogP contribution in [-0.4, -0.2) is 40.0 Å². The number of hydrogen-bond acceptors (Lipinski definition) is 8. The summed E-state index contributed by atoms with van der Waals surface area (Å²) in [6.45, 7) is 11.4. The molecule has 10 heteroatoms. The number of aromatic nitrogens is 4. The molecular weight excluding hydrogens is 518 g/mol. The summed E-state index contributed by atoms with van der Waals surface area (Å²) >= 11 is 1.30. The van der Waals surface area contributed by atoms with Crippen molar-refractivity contribution in [2.75, 3.05) is 11.6 Å². The van der Waals surface area contributed by atoms with Crippen molar-refractivity contribution in [2.45, 2.75) is 40.7 Å². The molecule has 0 saturated carbocycles. The summed E-state index contributed by atoms with van der Waals surface area (Å²) in [5.74, 6) is 0.277. The number of carbonyl (C=O) groups excluding carboxylic acids is 1. The Balaban J connectivity index is 0.000000550. The highest BCUT2D eigenvalue weighted by Crippen LogP contribution is 2.29. The highest BCUT2D eigenvalue weighted by molar-refractivity contribution is 8.06. The van der Waals surface area contributed by atoms with Crippen molar-refractivity contribution in [2.24, 2.45) is 7.05 Å². The molecule has 0 aliphatic carbocycles. The first-order chi connectivity index (χ1) is 18.1. The van der Waals surface area contributed by atoms with Crippen molar-refractivity contribution < 1.29 is 13.2 Å². The third-order valence-corrected chi connectivity index (χ3v) is 7.79. The number of Topliss-reactive ketones (excluding diaryl/α,β-unsaturated/α-hetero) is 1. The van der Waals surface area contributed by atoms with Crippen LogP contribution in [0.25, 0.3) is 11.0 Å². The zero-order chi connectivity index (χ0) is 28.3. The van der Waals surface area contributed by atoms with Crippen LogP contribution < -0.4 is 5.32 Å². The van der Waals surface area contributed by atoms with E-state index in [4.69, 9.17) is 4.98 Å². The molecule has 202 valence electrons. The number of ketones is 1. The Morgan fingerprint density at radius 2 is 1.95 bits per heavy atom. The predicted molar refractivity (Wildman–Crippen MR) is 159 cm³/mol. The lowest BCUT2D eigenvalue weighted by atomic mass is 10.1. The van der Waals surface area contributed by atoms with E-state index in [0.29, 0.717) is 34.4 Å². The van der Waals surface area contributed by atoms with E-state index in [1.54, 1.807) is 43.8 Å². The molecule has 0 atom stereocenters. The number of anilines is 1. The minimum atomic E-state index is -2.89. The first-order valence-corrected chi connectivity index (χ1v) is 14.8. The molecule has 0 aliphatic heterocycles. The van der Waals surface area contributed by atoms with E-state index in [1.165, 1.54) is 18.0 Å². The Hall–Kier alpha value is -3.50. The average molecular weight is 554 g/mol. The van der Waals surface area contributed by atoms with E-state index in [2.05, 4.69) is 27.9 Å². The van der Waals surface area contributed by atoms with Gasteiger partial charge in [0.25, 0.3) is 0 Å². The maximum absolute atomic E-state index is 13.3. The number of fused-ring (bicyclic) bond motifs is 1. The van der Waals surface area contributed by atoms with Crippen molar-refractivity contribution in [1.29, 1.82) is 0 Å². The van der Waals surface area contributed by atoms with Gasteiger partial charge in [-0.15, -0.1) is 0 Å². The van der Waals surface area contributed by atoms with Gasteiger partial charge in [-0.1, -0.05) is 48.7 Å². The minimum absolute atomic E-state index is 0.132. The lowest BCUT2D eigenvalue weighted by Gasteiger charge is -2.10. The molecule has 0 unspecified atom stereocenters. The van der Waals surface area contributed by atoms with Crippen LogP contribution in [0.5, 0.6) is 0 Å². The second-order valence-electron chi connectivity index (χ2n) is 8.29. The van der Waals surface area contributed by atoms with Crippen LogP contribution in [-0.2, 0) is 29.9 Å². The van der Waals surface area contributed by atoms with Gasteiger partial charge in [-0.3, -0.25) is 9.78 Å². The van der Waals surface area contributed by atoms with Crippen LogP contribution in [0.1, 0.15) is 49.3 Å². The molecule has 38 heavy (non-hydrogen) atoms. The Kier molecular flexibility index (Phi) is 11.7. The summed E-state index contributed by atoms with van der Waals surface area (Å²) in [5, 5.41) is 5.67. The molecule has 0 radical (unpaired) electrons. The molecule has 0 spiro atoms. The molecule has 3 rings (SSSR count). The Labute approximate surface area is 229 Å². The quantitative estimate of drug-likeness (QED) is 0.185. The van der Waals surface area contributed by atoms with Crippen molar-refractivity contribution in [3.8, 4) is 0 Å². The number of rotatable bonds is 10. The summed E-state index contributed by atoms with van der Waals surface area (Å²) in [6, 6.07) is 3.85. The monoisotopic (exact) mass is 553 g/mol. The summed E-state index contributed by atoms with van der Waals surface area (Å²) < 4.78 is 22.9. The fourth-order valence-electron chi connectivity index (χ4n) is 3.36. The van der Waals surface area contributed by atoms with Crippen LogP contribution >= 0.6 is 11.8 Å². The fourth-order valence-corrected chi connectivity index (χ4v) is 4.31. The third-order valence-electron chi connectivity index (χ3n) is 5.54. The molecule has 1 N–H and O–H groups in total. The Morgan fingerprint density at radius 3 is 2.47 bits per heavy atom. The van der Waals surface area contributed by atoms with E-state index >= 15 is 0 Å². The largest absolute Gasteiger partial charge is 0.350 e. The van der Waals surface area contributed by atoms with Gasteiger partial charge < -0.3 is 9.88 Å². The highest BCUT2D eigenvalue weighted by atomic mass is 32.2. The summed E-state index contributed by atoms with van der Waals surface area (Å²) in [5.41, 5.74) is 3.15. The fraction of sp³-hybridized carbons (Fsp3) is 0.286. The third kappa shape index (κ3) is 8.26. The topological polar surface area (TPSA) is 107 Å². The van der Waals surface area contributed by atoms with Crippen LogP contribution in [0.15, 0.2) is 76.8 Å². The van der Waals surface area contributed by atoms with Crippen molar-refractivity contribution >= 4 is 44.4 Å². The van der Waals surface area contributed by atoms with Gasteiger partial charge in [0.15, 0.2) is 9.84 Å². The van der Waals surface area contributed by atoms with Gasteiger partial charge in [0, 0.05) is 43.3 Å². The lowest BCUT2D eigenvalue weighted by Crippen LogP contribution is -2.11. The zero-order valence-corrected chi connectivity index (χ0v) is 24.4. The Morgan fingerprint density at radius 1 is 1.21 bits per heavy atom. The number of aryl methyl sites for hydroxylation is 1. The maximum Gasteiger partial charge on any atom is 0.225 e. The second kappa shape index (κ2) is 14.4. The van der Waals surface area contributed by atoms with Crippen LogP contribution in [0, 0.1) is 0 Å². The van der Waals surface area contributed by atoms with Crippen LogP contribution in [0.3, 0.4) is 0 Å². The molecule has 0 saturated heterocycles. The smallest absolute Gasteiger partial charge is 0.225 e. The van der Waals surface area contributed by atoms with Crippen molar-refractivity contribution in [3.63, 3.8) is 0 Å². The normalized spacial score (nSPS) is 12.4. The average Bonchev–Trinajstić information content (AvgIpc) is 3.23. The second-order valence-corrected chi connectivity index (χ2v) is 11.5. The number of pyridine rings is 1. The first-order valence-electron chi connectivity index (χ1n) is 12.0. The molecule has 0 fully saturated rings. The first kappa shape index (κ1) is 30.7. The van der Waals surface area contributed by atoms with Crippen LogP contribution in [0.4, 0.5) is 5.95 Å². The lowest BCUT2D eigenvalue weighted by molar-refractivity contribution is 0.104. The number of nitrogens with zero attached hydrogens (tertiary/aromatic N) is 4. The molecule has 0 aromatic carbocycles. The predicted octanol–water partition coefficient (Wildman–Crippen LogP) is 6.01. The van der Waals surface area contributed by atoms with Gasteiger partial charge >= 0.3 is 0 Å². The van der Waals surface area contributed by atoms with Gasteiger partial charge in [0.1, 0.15) is 11.3 Å². The van der Waals surface area contributed by atoms with E-state index in [1.807, 2.05) is 49.9 Å². The van der Waals surface area contributed by atoms with Crippen LogP contribution in [0.2, 0.25) is 0 Å². The van der Waals surface area contributed by atoms with Gasteiger partial charge in [0.05, 0.1) is 10.3 Å². The van der Waals surface area contributed by atoms with E-state index in [-0.39, 0.29) is 5.78 Å². The molecule has 0 amide bonds. The maximum atomic E-state index is 13.3. The number of carbonyl (C=O) groups is 1. The molecule has 0 aliphatic rings. The number of thioether (sulfide) groups is 1. The number of nitrogens with one attached hydrogen (secondary N) is 1. The van der Waals surface area contributed by atoms with E-state index in [0.717, 1.165) is 22.2 Å². The van der Waals surface area contributed by atoms with Crippen molar-refractivity contribution in [3.05, 3.63) is 93.6 Å². The number of allylic oxidation sites excluding steroid dienone is 6. The standard InChI is InChI=1S/C23H25N5OS.C5H10O2S/c1-5-8-11-17-15-28(4)22-19(17)20(21(29)18(6-2)30-7-3)26-23(27-22)25-14-16-10-9-12-24-13-16;1-4-5(2)8(3,6)7/h5-10,12-13,15H,3,11,14H2,1-2,4H3,(H,25,26,27);4H,1-3H3/b8-5-,18-6-;5-4+. The van der Waals surface area contributed by atoms with E-state index in [9.17, 15) is 13.2 Å². The molecular formula is C28H35N5O3S2. The van der Waals surface area contributed by atoms with Gasteiger partial charge in [-0.05, 0) is 56.7 Å². The van der Waals surface area contributed by atoms with Crippen molar-refractivity contribution in [1.82, 2.24) is 19.5 Å². The van der Waals surface area contributed by atoms with Gasteiger partial charge in [-0.25, -0.2) is 13.4 Å². The minimum Gasteiger partial charge on any atom is -0.350 e. The zero-order valence-electron chi connectivity index (χ0n) is 22.7. The van der Waals surface area contributed by atoms with Gasteiger partial charge in [-0.2, -0.15) is 4.98 Å².